The average molecular weight is 316 g/mol. The fraction of sp³-hybridized carbons (Fsp3) is 0.571. The summed E-state index contributed by atoms with van der Waals surface area (Å²) in [4.78, 5) is 16.2. The SMILES string of the molecule is CC[C@](NC1CCCC1)(C(N)=O)c1cnc(Cl)cc1Cl. The lowest BCUT2D eigenvalue weighted by Crippen LogP contribution is -2.55. The maximum atomic E-state index is 12.1. The predicted octanol–water partition coefficient (Wildman–Crippen LogP) is 3.01. The molecule has 0 spiro atoms. The van der Waals surface area contributed by atoms with Crippen molar-refractivity contribution in [3.8, 4) is 0 Å². The van der Waals surface area contributed by atoms with Crippen molar-refractivity contribution in [1.29, 1.82) is 0 Å². The van der Waals surface area contributed by atoms with Crippen LogP contribution in [0.25, 0.3) is 0 Å². The minimum Gasteiger partial charge on any atom is -0.368 e. The molecule has 1 atom stereocenters. The van der Waals surface area contributed by atoms with E-state index in [1.54, 1.807) is 12.3 Å². The molecule has 1 fully saturated rings. The summed E-state index contributed by atoms with van der Waals surface area (Å²) >= 11 is 12.1. The summed E-state index contributed by atoms with van der Waals surface area (Å²) in [5.41, 5.74) is 5.30. The standard InChI is InChI=1S/C14H19Cl2N3O/c1-2-14(13(17)20,19-9-5-3-4-6-9)10-8-18-12(16)7-11(10)15/h7-9,19H,2-6H2,1H3,(H2,17,20)/t14-/m1/s1. The zero-order chi connectivity index (χ0) is 14.8. The number of hydrogen-bond acceptors (Lipinski definition) is 3. The minimum atomic E-state index is -0.982. The maximum Gasteiger partial charge on any atom is 0.242 e. The Labute approximate surface area is 129 Å². The largest absolute Gasteiger partial charge is 0.368 e. The second-order valence-corrected chi connectivity index (χ2v) is 6.03. The average Bonchev–Trinajstić information content (AvgIpc) is 2.89. The lowest BCUT2D eigenvalue weighted by molar-refractivity contribution is -0.125. The Bertz CT molecular complexity index is 503. The van der Waals surface area contributed by atoms with Crippen molar-refractivity contribution in [3.05, 3.63) is 28.0 Å². The van der Waals surface area contributed by atoms with E-state index in [0.29, 0.717) is 22.2 Å². The van der Waals surface area contributed by atoms with Crippen molar-refractivity contribution in [1.82, 2.24) is 10.3 Å². The van der Waals surface area contributed by atoms with Crippen LogP contribution in [0.3, 0.4) is 0 Å². The lowest BCUT2D eigenvalue weighted by Gasteiger charge is -2.34. The first-order chi connectivity index (χ1) is 9.49. The van der Waals surface area contributed by atoms with Gasteiger partial charge in [0.15, 0.2) is 0 Å². The van der Waals surface area contributed by atoms with Crippen LogP contribution >= 0.6 is 23.2 Å². The molecule has 0 aliphatic heterocycles. The fourth-order valence-corrected chi connectivity index (χ4v) is 3.42. The number of carbonyl (C=O) groups is 1. The lowest BCUT2D eigenvalue weighted by atomic mass is 9.86. The van der Waals surface area contributed by atoms with Crippen LogP contribution in [0.5, 0.6) is 0 Å². The number of nitrogens with zero attached hydrogens (tertiary/aromatic N) is 1. The molecule has 110 valence electrons. The molecule has 1 heterocycles. The van der Waals surface area contributed by atoms with Crippen molar-refractivity contribution < 1.29 is 4.79 Å². The van der Waals surface area contributed by atoms with Gasteiger partial charge in [-0.3, -0.25) is 10.1 Å². The van der Waals surface area contributed by atoms with Gasteiger partial charge in [-0.05, 0) is 25.3 Å². The molecule has 1 aliphatic rings. The molecule has 2 rings (SSSR count). The molecular weight excluding hydrogens is 297 g/mol. The molecule has 6 heteroatoms. The highest BCUT2D eigenvalue weighted by atomic mass is 35.5. The fourth-order valence-electron chi connectivity index (χ4n) is 2.89. The number of rotatable bonds is 5. The normalized spacial score (nSPS) is 18.9. The van der Waals surface area contributed by atoms with Gasteiger partial charge in [-0.15, -0.1) is 0 Å². The molecular formula is C14H19Cl2N3O. The third kappa shape index (κ3) is 2.92. The van der Waals surface area contributed by atoms with Gasteiger partial charge in [-0.25, -0.2) is 4.98 Å². The monoisotopic (exact) mass is 315 g/mol. The highest BCUT2D eigenvalue weighted by Crippen LogP contribution is 2.34. The van der Waals surface area contributed by atoms with Crippen molar-refractivity contribution in [3.63, 3.8) is 0 Å². The quantitative estimate of drug-likeness (QED) is 0.821. The third-order valence-corrected chi connectivity index (χ3v) is 4.56. The van der Waals surface area contributed by atoms with Crippen LogP contribution < -0.4 is 11.1 Å². The summed E-state index contributed by atoms with van der Waals surface area (Å²) in [6, 6.07) is 1.83. The highest BCUT2D eigenvalue weighted by Gasteiger charge is 2.41. The van der Waals surface area contributed by atoms with E-state index >= 15 is 0 Å². The second-order valence-electron chi connectivity index (χ2n) is 5.24. The summed E-state index contributed by atoms with van der Waals surface area (Å²) < 4.78 is 0. The molecule has 1 aliphatic carbocycles. The molecule has 0 aromatic carbocycles. The summed E-state index contributed by atoms with van der Waals surface area (Å²) in [6.07, 6.45) is 6.50. The first-order valence-electron chi connectivity index (χ1n) is 6.88. The number of pyridine rings is 1. The zero-order valence-electron chi connectivity index (χ0n) is 11.5. The summed E-state index contributed by atoms with van der Waals surface area (Å²) in [6.45, 7) is 1.91. The maximum absolute atomic E-state index is 12.1. The van der Waals surface area contributed by atoms with E-state index < -0.39 is 11.4 Å². The number of carbonyl (C=O) groups excluding carboxylic acids is 1. The minimum absolute atomic E-state index is 0.286. The molecule has 0 radical (unpaired) electrons. The number of nitrogens with one attached hydrogen (secondary N) is 1. The van der Waals surface area contributed by atoms with Gasteiger partial charge in [0.25, 0.3) is 0 Å². The molecule has 1 amide bonds. The third-order valence-electron chi connectivity index (χ3n) is 4.04. The van der Waals surface area contributed by atoms with Gasteiger partial charge in [-0.2, -0.15) is 0 Å². The molecule has 1 saturated carbocycles. The topological polar surface area (TPSA) is 68.0 Å². The Hall–Kier alpha value is -0.840. The predicted molar refractivity (Wildman–Crippen MR) is 80.8 cm³/mol. The molecule has 4 nitrogen and oxygen atoms in total. The van der Waals surface area contributed by atoms with Crippen molar-refractivity contribution in [2.45, 2.75) is 50.6 Å². The van der Waals surface area contributed by atoms with Crippen LogP contribution in [0.1, 0.15) is 44.6 Å². The van der Waals surface area contributed by atoms with Gasteiger partial charge in [0, 0.05) is 17.8 Å². The summed E-state index contributed by atoms with van der Waals surface area (Å²) in [7, 11) is 0. The second kappa shape index (κ2) is 6.29. The van der Waals surface area contributed by atoms with Gasteiger partial charge >= 0.3 is 0 Å². The van der Waals surface area contributed by atoms with Crippen LogP contribution in [0.2, 0.25) is 10.2 Å². The Morgan fingerprint density at radius 3 is 2.65 bits per heavy atom. The number of hydrogen-bond donors (Lipinski definition) is 2. The summed E-state index contributed by atoms with van der Waals surface area (Å²) in [5, 5.41) is 4.13. The van der Waals surface area contributed by atoms with Crippen LogP contribution in [-0.2, 0) is 10.3 Å². The molecule has 0 unspecified atom stereocenters. The van der Waals surface area contributed by atoms with Gasteiger partial charge in [0.05, 0.1) is 5.02 Å². The van der Waals surface area contributed by atoms with Gasteiger partial charge in [0.1, 0.15) is 10.7 Å². The van der Waals surface area contributed by atoms with E-state index in [4.69, 9.17) is 28.9 Å². The van der Waals surface area contributed by atoms with E-state index in [0.717, 1.165) is 12.8 Å². The van der Waals surface area contributed by atoms with E-state index in [1.807, 2.05) is 6.92 Å². The molecule has 1 aromatic rings. The Balaban J connectivity index is 2.41. The Kier molecular flexibility index (Phi) is 4.89. The van der Waals surface area contributed by atoms with Gasteiger partial charge in [0.2, 0.25) is 5.91 Å². The van der Waals surface area contributed by atoms with Gasteiger partial charge in [-0.1, -0.05) is 43.0 Å². The Morgan fingerprint density at radius 1 is 1.50 bits per heavy atom. The van der Waals surface area contributed by atoms with Crippen LogP contribution in [-0.4, -0.2) is 16.9 Å². The number of halogens is 2. The molecule has 0 bridgehead atoms. The Morgan fingerprint density at radius 2 is 2.15 bits per heavy atom. The van der Waals surface area contributed by atoms with E-state index in [-0.39, 0.29) is 6.04 Å². The van der Waals surface area contributed by atoms with Crippen molar-refractivity contribution in [2.24, 2.45) is 5.73 Å². The zero-order valence-corrected chi connectivity index (χ0v) is 13.0. The van der Waals surface area contributed by atoms with E-state index in [1.165, 1.54) is 12.8 Å². The molecule has 0 saturated heterocycles. The molecule has 20 heavy (non-hydrogen) atoms. The first-order valence-corrected chi connectivity index (χ1v) is 7.64. The number of primary amides is 1. The van der Waals surface area contributed by atoms with E-state index in [9.17, 15) is 4.79 Å². The van der Waals surface area contributed by atoms with Crippen molar-refractivity contribution in [2.75, 3.05) is 0 Å². The van der Waals surface area contributed by atoms with Crippen molar-refractivity contribution >= 4 is 29.1 Å². The molecule has 1 aromatic heterocycles. The first kappa shape index (κ1) is 15.5. The number of amides is 1. The van der Waals surface area contributed by atoms with Crippen LogP contribution in [0, 0.1) is 0 Å². The number of nitrogens with two attached hydrogens (primary N) is 1. The van der Waals surface area contributed by atoms with Crippen LogP contribution in [0.15, 0.2) is 12.3 Å². The van der Waals surface area contributed by atoms with Crippen LogP contribution in [0.4, 0.5) is 0 Å². The smallest absolute Gasteiger partial charge is 0.242 e. The summed E-state index contributed by atoms with van der Waals surface area (Å²) in [5.74, 6) is -0.432. The van der Waals surface area contributed by atoms with Gasteiger partial charge < -0.3 is 5.73 Å². The number of aromatic nitrogens is 1. The van der Waals surface area contributed by atoms with E-state index in [2.05, 4.69) is 10.3 Å². The molecule has 3 N–H and O–H groups in total. The highest BCUT2D eigenvalue weighted by molar-refractivity contribution is 6.34.